The van der Waals surface area contributed by atoms with Crippen LogP contribution < -0.4 is 29.1 Å². The van der Waals surface area contributed by atoms with Crippen LogP contribution in [0.25, 0.3) is 6.08 Å². The lowest BCUT2D eigenvalue weighted by atomic mass is 9.95. The second kappa shape index (κ2) is 12.9. The fourth-order valence-corrected chi connectivity index (χ4v) is 6.23. The molecule has 1 N–H and O–H groups in total. The van der Waals surface area contributed by atoms with Gasteiger partial charge in [0.2, 0.25) is 0 Å². The van der Waals surface area contributed by atoms with E-state index in [0.717, 1.165) is 0 Å². The lowest BCUT2D eigenvalue weighted by Gasteiger charge is -2.26. The minimum atomic E-state index is -1.11. The van der Waals surface area contributed by atoms with Crippen molar-refractivity contribution in [3.63, 3.8) is 0 Å². The smallest absolute Gasteiger partial charge is 0.341 e. The predicted octanol–water partition coefficient (Wildman–Crippen LogP) is 3.66. The van der Waals surface area contributed by atoms with Crippen molar-refractivity contribution in [1.82, 2.24) is 4.57 Å². The molecule has 12 heteroatoms. The summed E-state index contributed by atoms with van der Waals surface area (Å²) < 4.78 is 24.8. The third kappa shape index (κ3) is 6.48. The molecule has 41 heavy (non-hydrogen) atoms. The molecule has 10 nitrogen and oxygen atoms in total. The number of aliphatic carboxylic acids is 1. The summed E-state index contributed by atoms with van der Waals surface area (Å²) in [6, 6.07) is 9.92. The van der Waals surface area contributed by atoms with E-state index in [2.05, 4.69) is 4.99 Å². The van der Waals surface area contributed by atoms with Crippen LogP contribution in [0.3, 0.4) is 0 Å². The van der Waals surface area contributed by atoms with E-state index >= 15 is 0 Å². The van der Waals surface area contributed by atoms with Gasteiger partial charge in [0, 0.05) is 5.56 Å². The fourth-order valence-electron chi connectivity index (χ4n) is 4.40. The monoisotopic (exact) mass is 692 g/mol. The molecule has 0 unspecified atom stereocenters. The average Bonchev–Trinajstić information content (AvgIpc) is 3.21. The highest BCUT2D eigenvalue weighted by Gasteiger charge is 2.35. The summed E-state index contributed by atoms with van der Waals surface area (Å²) in [6.45, 7) is 6.91. The van der Waals surface area contributed by atoms with E-state index < -0.39 is 24.6 Å². The second-order valence-corrected chi connectivity index (χ2v) is 11.4. The summed E-state index contributed by atoms with van der Waals surface area (Å²) in [4.78, 5) is 43.3. The Hall–Kier alpha value is -3.65. The number of para-hydroxylation sites is 1. The van der Waals surface area contributed by atoms with E-state index in [4.69, 9.17) is 24.1 Å². The van der Waals surface area contributed by atoms with Crippen LogP contribution >= 0.6 is 33.9 Å². The van der Waals surface area contributed by atoms with Gasteiger partial charge in [-0.3, -0.25) is 9.36 Å². The number of carbonyl (C=O) groups excluding carboxylic acids is 1. The Morgan fingerprint density at radius 2 is 1.95 bits per heavy atom. The minimum absolute atomic E-state index is 0.136. The third-order valence-electron chi connectivity index (χ3n) is 5.98. The van der Waals surface area contributed by atoms with Crippen LogP contribution in [0.4, 0.5) is 0 Å². The molecule has 1 aromatic heterocycles. The molecule has 0 aliphatic carbocycles. The standard InChI is InChI=1S/C29H29IN2O8S/c1-6-38-28(36)24-16(4)31-29-32(25(24)18-9-7-8-10-20(18)40-15(2)3)27(35)22(41-29)13-17-11-19(30)26(21(12-17)37-5)39-14-23(33)34/h7-13,15,25H,6,14H2,1-5H3,(H,33,34)/b22-13+/t25-/m1/s1. The highest BCUT2D eigenvalue weighted by molar-refractivity contribution is 14.1. The molecule has 1 aliphatic rings. The van der Waals surface area contributed by atoms with Crippen molar-refractivity contribution in [3.8, 4) is 17.2 Å². The Labute approximate surface area is 253 Å². The molecule has 0 amide bonds. The molecule has 2 heterocycles. The van der Waals surface area contributed by atoms with Gasteiger partial charge in [0.05, 0.1) is 39.2 Å². The number of hydrogen-bond acceptors (Lipinski definition) is 9. The topological polar surface area (TPSA) is 126 Å². The van der Waals surface area contributed by atoms with E-state index in [-0.39, 0.29) is 23.8 Å². The second-order valence-electron chi connectivity index (χ2n) is 9.22. The van der Waals surface area contributed by atoms with E-state index in [1.807, 2.05) is 60.7 Å². The zero-order valence-corrected chi connectivity index (χ0v) is 26.1. The van der Waals surface area contributed by atoms with Gasteiger partial charge in [0.15, 0.2) is 22.9 Å². The number of methoxy groups -OCH3 is 1. The molecule has 0 spiro atoms. The molecule has 4 rings (SSSR count). The normalized spacial score (nSPS) is 14.9. The van der Waals surface area contributed by atoms with Gasteiger partial charge in [-0.1, -0.05) is 29.5 Å². The van der Waals surface area contributed by atoms with E-state index in [1.54, 1.807) is 32.1 Å². The average molecular weight is 693 g/mol. The summed E-state index contributed by atoms with van der Waals surface area (Å²) in [6.07, 6.45) is 1.56. The van der Waals surface area contributed by atoms with Gasteiger partial charge < -0.3 is 24.1 Å². The molecule has 0 bridgehead atoms. The number of esters is 1. The molecule has 1 aliphatic heterocycles. The number of carboxylic acids is 1. The van der Waals surface area contributed by atoms with Crippen LogP contribution in [0.15, 0.2) is 57.5 Å². The molecular formula is C29H29IN2O8S. The molecule has 0 saturated heterocycles. The van der Waals surface area contributed by atoms with Gasteiger partial charge in [0.1, 0.15) is 11.8 Å². The number of fused-ring (bicyclic) bond motifs is 1. The van der Waals surface area contributed by atoms with Crippen LogP contribution in [0.5, 0.6) is 17.2 Å². The van der Waals surface area contributed by atoms with Crippen LogP contribution in [-0.2, 0) is 14.3 Å². The van der Waals surface area contributed by atoms with E-state index in [0.29, 0.717) is 47.0 Å². The number of ether oxygens (including phenoxy) is 4. The van der Waals surface area contributed by atoms with Gasteiger partial charge in [-0.2, -0.15) is 0 Å². The lowest BCUT2D eigenvalue weighted by molar-refractivity contribution is -0.140. The summed E-state index contributed by atoms with van der Waals surface area (Å²) >= 11 is 3.22. The first-order chi connectivity index (χ1) is 19.5. The first-order valence-electron chi connectivity index (χ1n) is 12.7. The van der Waals surface area contributed by atoms with Crippen LogP contribution in [0, 0.1) is 3.57 Å². The SMILES string of the molecule is CCOC(=O)C1=C(C)N=c2s/c(=C/c3cc(I)c(OCC(=O)O)c(OC)c3)c(=O)n2[C@@H]1c1ccccc1OC(C)C. The maximum atomic E-state index is 14.0. The van der Waals surface area contributed by atoms with Crippen molar-refractivity contribution in [2.75, 3.05) is 20.3 Å². The largest absolute Gasteiger partial charge is 0.493 e. The number of carboxylic acid groups (broad SMARTS) is 1. The van der Waals surface area contributed by atoms with Crippen molar-refractivity contribution in [2.24, 2.45) is 4.99 Å². The Morgan fingerprint density at radius 3 is 2.61 bits per heavy atom. The molecule has 3 aromatic rings. The van der Waals surface area contributed by atoms with E-state index in [1.165, 1.54) is 23.0 Å². The van der Waals surface area contributed by atoms with Crippen LogP contribution in [0.2, 0.25) is 0 Å². The fraction of sp³-hybridized carbons (Fsp3) is 0.310. The molecular weight excluding hydrogens is 663 g/mol. The third-order valence-corrected chi connectivity index (χ3v) is 7.77. The van der Waals surface area contributed by atoms with Crippen LogP contribution in [0.1, 0.15) is 44.9 Å². The van der Waals surface area contributed by atoms with Crippen molar-refractivity contribution < 1.29 is 33.6 Å². The Kier molecular flexibility index (Phi) is 9.53. The van der Waals surface area contributed by atoms with Gasteiger partial charge in [0.25, 0.3) is 5.56 Å². The van der Waals surface area contributed by atoms with Crippen molar-refractivity contribution >= 4 is 51.9 Å². The molecule has 216 valence electrons. The van der Waals surface area contributed by atoms with Crippen molar-refractivity contribution in [3.05, 3.63) is 82.1 Å². The Bertz CT molecular complexity index is 1710. The lowest BCUT2D eigenvalue weighted by Crippen LogP contribution is -2.40. The zero-order chi connectivity index (χ0) is 29.8. The highest BCUT2D eigenvalue weighted by Crippen LogP contribution is 2.37. The number of benzene rings is 2. The van der Waals surface area contributed by atoms with Gasteiger partial charge in [-0.25, -0.2) is 14.6 Å². The van der Waals surface area contributed by atoms with Crippen molar-refractivity contribution in [1.29, 1.82) is 0 Å². The zero-order valence-electron chi connectivity index (χ0n) is 23.1. The predicted molar refractivity (Wildman–Crippen MR) is 161 cm³/mol. The number of hydrogen-bond donors (Lipinski definition) is 1. The number of carbonyl (C=O) groups is 2. The van der Waals surface area contributed by atoms with E-state index in [9.17, 15) is 14.4 Å². The van der Waals surface area contributed by atoms with Crippen LogP contribution in [-0.4, -0.2) is 48.0 Å². The summed E-state index contributed by atoms with van der Waals surface area (Å²) in [5.74, 6) is -0.486. The Morgan fingerprint density at radius 1 is 1.22 bits per heavy atom. The minimum Gasteiger partial charge on any atom is -0.493 e. The molecule has 0 fully saturated rings. The highest BCUT2D eigenvalue weighted by atomic mass is 127. The molecule has 1 atom stereocenters. The number of nitrogens with zero attached hydrogens (tertiary/aromatic N) is 2. The van der Waals surface area contributed by atoms with Crippen molar-refractivity contribution in [2.45, 2.75) is 39.8 Å². The number of allylic oxidation sites excluding steroid dienone is 1. The first kappa shape index (κ1) is 30.3. The first-order valence-corrected chi connectivity index (χ1v) is 14.6. The summed E-state index contributed by atoms with van der Waals surface area (Å²) in [7, 11) is 1.45. The summed E-state index contributed by atoms with van der Waals surface area (Å²) in [5.41, 5.74) is 1.66. The summed E-state index contributed by atoms with van der Waals surface area (Å²) in [5, 5.41) is 9.00. The quantitative estimate of drug-likeness (QED) is 0.252. The maximum absolute atomic E-state index is 14.0. The van der Waals surface area contributed by atoms with Gasteiger partial charge in [-0.15, -0.1) is 0 Å². The van der Waals surface area contributed by atoms with Gasteiger partial charge in [-0.05, 0) is 80.1 Å². The van der Waals surface area contributed by atoms with Gasteiger partial charge >= 0.3 is 11.9 Å². The number of rotatable bonds is 10. The maximum Gasteiger partial charge on any atom is 0.341 e. The number of thiazole rings is 1. The Balaban J connectivity index is 1.92. The number of aromatic nitrogens is 1. The molecule has 2 aromatic carbocycles. The number of halogens is 1. The molecule has 0 radical (unpaired) electrons. The molecule has 0 saturated carbocycles.